The Morgan fingerprint density at radius 3 is 2.83 bits per heavy atom. The molecular formula is C11H21BrN4O2. The number of hydrazine groups is 1. The molecule has 3 N–H and O–H groups in total. The summed E-state index contributed by atoms with van der Waals surface area (Å²) >= 11 is 3.48. The van der Waals surface area contributed by atoms with Crippen molar-refractivity contribution in [1.82, 2.24) is 15.2 Å². The third-order valence-electron chi connectivity index (χ3n) is 2.47. The van der Waals surface area contributed by atoms with Gasteiger partial charge in [0.05, 0.1) is 48.3 Å². The SMILES string of the molecule is COCCn1ncc(Br)c1C(COC(C)C)NN. The van der Waals surface area contributed by atoms with Gasteiger partial charge >= 0.3 is 0 Å². The molecule has 0 saturated heterocycles. The number of halogens is 1. The normalized spacial score (nSPS) is 13.2. The van der Waals surface area contributed by atoms with Crippen LogP contribution in [-0.2, 0) is 16.0 Å². The summed E-state index contributed by atoms with van der Waals surface area (Å²) in [4.78, 5) is 0. The van der Waals surface area contributed by atoms with E-state index in [4.69, 9.17) is 15.3 Å². The van der Waals surface area contributed by atoms with Crippen LogP contribution in [0.4, 0.5) is 0 Å². The maximum Gasteiger partial charge on any atom is 0.0873 e. The molecule has 0 aliphatic carbocycles. The summed E-state index contributed by atoms with van der Waals surface area (Å²) < 4.78 is 13.4. The van der Waals surface area contributed by atoms with Gasteiger partial charge < -0.3 is 9.47 Å². The number of hydrogen-bond donors (Lipinski definition) is 2. The highest BCUT2D eigenvalue weighted by atomic mass is 79.9. The Bertz CT molecular complexity index is 357. The van der Waals surface area contributed by atoms with Gasteiger partial charge in [-0.1, -0.05) is 0 Å². The van der Waals surface area contributed by atoms with E-state index in [0.717, 1.165) is 10.2 Å². The summed E-state index contributed by atoms with van der Waals surface area (Å²) in [6, 6.07) is -0.110. The van der Waals surface area contributed by atoms with Gasteiger partial charge in [-0.3, -0.25) is 10.5 Å². The quantitative estimate of drug-likeness (QED) is 0.556. The molecule has 0 aromatic carbocycles. The Hall–Kier alpha value is -0.470. The lowest BCUT2D eigenvalue weighted by atomic mass is 10.2. The van der Waals surface area contributed by atoms with Crippen molar-refractivity contribution in [2.75, 3.05) is 20.3 Å². The zero-order valence-electron chi connectivity index (χ0n) is 11.0. The van der Waals surface area contributed by atoms with E-state index in [9.17, 15) is 0 Å². The number of aromatic nitrogens is 2. The Labute approximate surface area is 116 Å². The van der Waals surface area contributed by atoms with Gasteiger partial charge in [0.2, 0.25) is 0 Å². The van der Waals surface area contributed by atoms with Crippen molar-refractivity contribution in [2.24, 2.45) is 5.84 Å². The summed E-state index contributed by atoms with van der Waals surface area (Å²) in [7, 11) is 1.67. The molecule has 0 radical (unpaired) electrons. The predicted octanol–water partition coefficient (Wildman–Crippen LogP) is 1.22. The molecule has 0 aliphatic rings. The van der Waals surface area contributed by atoms with E-state index in [0.29, 0.717) is 19.8 Å². The molecule has 0 spiro atoms. The zero-order valence-corrected chi connectivity index (χ0v) is 12.6. The van der Waals surface area contributed by atoms with Crippen molar-refractivity contribution < 1.29 is 9.47 Å². The first-order valence-corrected chi connectivity index (χ1v) is 6.67. The van der Waals surface area contributed by atoms with E-state index < -0.39 is 0 Å². The van der Waals surface area contributed by atoms with Crippen molar-refractivity contribution in [3.8, 4) is 0 Å². The highest BCUT2D eigenvalue weighted by Crippen LogP contribution is 2.23. The third kappa shape index (κ3) is 4.33. The molecule has 0 aliphatic heterocycles. The van der Waals surface area contributed by atoms with E-state index >= 15 is 0 Å². The maximum absolute atomic E-state index is 5.60. The van der Waals surface area contributed by atoms with Gasteiger partial charge in [-0.05, 0) is 29.8 Å². The number of hydrogen-bond acceptors (Lipinski definition) is 5. The van der Waals surface area contributed by atoms with Crippen molar-refractivity contribution in [3.63, 3.8) is 0 Å². The smallest absolute Gasteiger partial charge is 0.0873 e. The van der Waals surface area contributed by atoms with Gasteiger partial charge in [-0.2, -0.15) is 5.10 Å². The molecule has 0 fully saturated rings. The standard InChI is InChI=1S/C11H21BrN4O2/c1-8(2)18-7-10(15-13)11-9(12)6-14-16(11)4-5-17-3/h6,8,10,15H,4-5,7,13H2,1-3H3. The maximum atomic E-state index is 5.60. The number of rotatable bonds is 8. The van der Waals surface area contributed by atoms with Gasteiger partial charge in [-0.25, -0.2) is 5.43 Å². The minimum absolute atomic E-state index is 0.110. The van der Waals surface area contributed by atoms with Crippen molar-refractivity contribution in [1.29, 1.82) is 0 Å². The third-order valence-corrected chi connectivity index (χ3v) is 3.08. The molecule has 1 aromatic heterocycles. The van der Waals surface area contributed by atoms with Crippen LogP contribution in [0.5, 0.6) is 0 Å². The highest BCUT2D eigenvalue weighted by Gasteiger charge is 2.19. The number of nitrogens with two attached hydrogens (primary N) is 1. The Morgan fingerprint density at radius 2 is 2.28 bits per heavy atom. The molecule has 1 unspecified atom stereocenters. The largest absolute Gasteiger partial charge is 0.383 e. The van der Waals surface area contributed by atoms with Gasteiger partial charge in [0.25, 0.3) is 0 Å². The topological polar surface area (TPSA) is 74.3 Å². The molecular weight excluding hydrogens is 300 g/mol. The molecule has 7 heteroatoms. The fourth-order valence-corrected chi connectivity index (χ4v) is 2.14. The van der Waals surface area contributed by atoms with Crippen LogP contribution in [0.15, 0.2) is 10.7 Å². The molecule has 104 valence electrons. The minimum Gasteiger partial charge on any atom is -0.383 e. The Morgan fingerprint density at radius 1 is 1.56 bits per heavy atom. The van der Waals surface area contributed by atoms with E-state index in [1.54, 1.807) is 13.3 Å². The summed E-state index contributed by atoms with van der Waals surface area (Å²) in [5.41, 5.74) is 3.73. The Balaban J connectivity index is 2.79. The number of nitrogens with one attached hydrogen (secondary N) is 1. The lowest BCUT2D eigenvalue weighted by molar-refractivity contribution is 0.0588. The summed E-state index contributed by atoms with van der Waals surface area (Å²) in [6.07, 6.45) is 1.92. The van der Waals surface area contributed by atoms with Crippen molar-refractivity contribution >= 4 is 15.9 Å². The van der Waals surface area contributed by atoms with E-state index in [2.05, 4.69) is 26.5 Å². The van der Waals surface area contributed by atoms with E-state index in [-0.39, 0.29) is 12.1 Å². The second-order valence-corrected chi connectivity index (χ2v) is 5.05. The first kappa shape index (κ1) is 15.6. The minimum atomic E-state index is -0.110. The molecule has 0 bridgehead atoms. The van der Waals surface area contributed by atoms with Crippen molar-refractivity contribution in [3.05, 3.63) is 16.4 Å². The van der Waals surface area contributed by atoms with Crippen LogP contribution in [0, 0.1) is 0 Å². The summed E-state index contributed by atoms with van der Waals surface area (Å²) in [6.45, 7) is 5.75. The molecule has 6 nitrogen and oxygen atoms in total. The molecule has 1 rings (SSSR count). The molecule has 18 heavy (non-hydrogen) atoms. The first-order chi connectivity index (χ1) is 8.60. The van der Waals surface area contributed by atoms with Gasteiger partial charge in [-0.15, -0.1) is 0 Å². The average Bonchev–Trinajstić information content (AvgIpc) is 2.69. The molecule has 0 saturated carbocycles. The lowest BCUT2D eigenvalue weighted by Crippen LogP contribution is -2.34. The first-order valence-electron chi connectivity index (χ1n) is 5.88. The lowest BCUT2D eigenvalue weighted by Gasteiger charge is -2.19. The van der Waals surface area contributed by atoms with E-state index in [1.165, 1.54) is 0 Å². The van der Waals surface area contributed by atoms with E-state index in [1.807, 2.05) is 18.5 Å². The Kier molecular flexibility index (Phi) is 6.80. The summed E-state index contributed by atoms with van der Waals surface area (Å²) in [5, 5.41) is 4.29. The number of ether oxygens (including phenoxy) is 2. The molecule has 1 atom stereocenters. The van der Waals surface area contributed by atoms with Crippen LogP contribution >= 0.6 is 15.9 Å². The predicted molar refractivity (Wildman–Crippen MR) is 73.0 cm³/mol. The van der Waals surface area contributed by atoms with Gasteiger partial charge in [0.1, 0.15) is 0 Å². The second-order valence-electron chi connectivity index (χ2n) is 4.20. The van der Waals surface area contributed by atoms with Crippen LogP contribution in [0.3, 0.4) is 0 Å². The molecule has 0 amide bonds. The zero-order chi connectivity index (χ0) is 13.5. The van der Waals surface area contributed by atoms with Crippen LogP contribution in [-0.4, -0.2) is 36.2 Å². The van der Waals surface area contributed by atoms with Gasteiger partial charge in [0, 0.05) is 7.11 Å². The second kappa shape index (κ2) is 7.85. The van der Waals surface area contributed by atoms with Crippen LogP contribution < -0.4 is 11.3 Å². The van der Waals surface area contributed by atoms with Gasteiger partial charge in [0.15, 0.2) is 0 Å². The van der Waals surface area contributed by atoms with Crippen LogP contribution in [0.2, 0.25) is 0 Å². The number of methoxy groups -OCH3 is 1. The summed E-state index contributed by atoms with van der Waals surface area (Å²) in [5.74, 6) is 5.59. The molecule has 1 aromatic rings. The van der Waals surface area contributed by atoms with Crippen molar-refractivity contribution in [2.45, 2.75) is 32.5 Å². The fourth-order valence-electron chi connectivity index (χ4n) is 1.57. The fraction of sp³-hybridized carbons (Fsp3) is 0.727. The molecule has 1 heterocycles. The monoisotopic (exact) mass is 320 g/mol. The van der Waals surface area contributed by atoms with Crippen LogP contribution in [0.1, 0.15) is 25.6 Å². The van der Waals surface area contributed by atoms with Crippen LogP contribution in [0.25, 0.3) is 0 Å². The average molecular weight is 321 g/mol. The number of nitrogens with zero attached hydrogens (tertiary/aromatic N) is 2. The highest BCUT2D eigenvalue weighted by molar-refractivity contribution is 9.10.